The van der Waals surface area contributed by atoms with Gasteiger partial charge in [0.1, 0.15) is 5.01 Å². The lowest BCUT2D eigenvalue weighted by molar-refractivity contribution is 0.299. The van der Waals surface area contributed by atoms with Crippen LogP contribution >= 0.6 is 11.3 Å². The minimum absolute atomic E-state index is 0.190. The molecule has 0 saturated carbocycles. The van der Waals surface area contributed by atoms with Gasteiger partial charge < -0.3 is 10.4 Å². The predicted octanol–water partition coefficient (Wildman–Crippen LogP) is 4.27. The highest BCUT2D eigenvalue weighted by atomic mass is 32.1. The number of aromatic nitrogens is 1. The van der Waals surface area contributed by atoms with Gasteiger partial charge in [0.25, 0.3) is 0 Å². The highest BCUT2D eigenvalue weighted by Gasteiger charge is 2.04. The molecule has 0 aliphatic carbocycles. The minimum atomic E-state index is 0.190. The lowest BCUT2D eigenvalue weighted by atomic mass is 10.1. The molecule has 3 aromatic rings. The highest BCUT2D eigenvalue weighted by molar-refractivity contribution is 7.15. The molecule has 3 nitrogen and oxygen atoms in total. The Bertz CT molecular complexity index is 748. The lowest BCUT2D eigenvalue weighted by Crippen LogP contribution is -1.98. The fourth-order valence-electron chi connectivity index (χ4n) is 2.33. The molecule has 3 rings (SSSR count). The Hall–Kier alpha value is -2.17. The molecule has 0 amide bonds. The van der Waals surface area contributed by atoms with E-state index in [1.54, 1.807) is 11.3 Å². The fourth-order valence-corrected chi connectivity index (χ4v) is 3.18. The summed E-state index contributed by atoms with van der Waals surface area (Å²) in [5.74, 6) is 0. The van der Waals surface area contributed by atoms with Gasteiger partial charge in [-0.3, -0.25) is 0 Å². The molecule has 0 radical (unpaired) electrons. The van der Waals surface area contributed by atoms with Crippen LogP contribution in [0.25, 0.3) is 10.6 Å². The van der Waals surface area contributed by atoms with Crippen LogP contribution in [0.2, 0.25) is 0 Å². The summed E-state index contributed by atoms with van der Waals surface area (Å²) >= 11 is 1.72. The molecule has 1 aromatic heterocycles. The van der Waals surface area contributed by atoms with Crippen molar-refractivity contribution in [2.45, 2.75) is 19.9 Å². The van der Waals surface area contributed by atoms with E-state index in [4.69, 9.17) is 5.11 Å². The van der Waals surface area contributed by atoms with Crippen molar-refractivity contribution in [2.75, 3.05) is 11.9 Å². The summed E-state index contributed by atoms with van der Waals surface area (Å²) in [5, 5.41) is 13.4. The molecule has 0 aliphatic rings. The van der Waals surface area contributed by atoms with E-state index in [1.807, 2.05) is 30.5 Å². The Balaban J connectivity index is 1.61. The van der Waals surface area contributed by atoms with Gasteiger partial charge in [-0.2, -0.15) is 0 Å². The zero-order valence-electron chi connectivity index (χ0n) is 13.1. The second-order valence-corrected chi connectivity index (χ2v) is 6.64. The number of aliphatic hydroxyl groups excluding tert-OH is 1. The molecule has 0 bridgehead atoms. The number of benzene rings is 2. The predicted molar refractivity (Wildman–Crippen MR) is 96.8 cm³/mol. The number of thiazole rings is 1. The van der Waals surface area contributed by atoms with Crippen molar-refractivity contribution in [3.63, 3.8) is 0 Å². The number of aryl methyl sites for hydroxylation is 1. The number of nitrogens with zero attached hydrogens (tertiary/aromatic N) is 1. The summed E-state index contributed by atoms with van der Waals surface area (Å²) in [6.07, 6.45) is 2.64. The van der Waals surface area contributed by atoms with E-state index in [2.05, 4.69) is 41.5 Å². The number of rotatable bonds is 6. The Morgan fingerprint density at radius 1 is 1.04 bits per heavy atom. The molecule has 2 aromatic carbocycles. The van der Waals surface area contributed by atoms with Gasteiger partial charge in [0.2, 0.25) is 0 Å². The topological polar surface area (TPSA) is 45.2 Å². The number of aliphatic hydroxyl groups is 1. The SMILES string of the molecule is Cc1ccc(-c2ncc(CNc3ccc(CCO)cc3)s2)cc1. The second kappa shape index (κ2) is 7.40. The molecule has 0 atom stereocenters. The maximum Gasteiger partial charge on any atom is 0.123 e. The average molecular weight is 324 g/mol. The van der Waals surface area contributed by atoms with Crippen LogP contribution in [0, 0.1) is 6.92 Å². The third kappa shape index (κ3) is 4.18. The maximum absolute atomic E-state index is 8.93. The zero-order valence-corrected chi connectivity index (χ0v) is 13.9. The Kier molecular flexibility index (Phi) is 5.05. The van der Waals surface area contributed by atoms with Crippen LogP contribution in [0.4, 0.5) is 5.69 Å². The van der Waals surface area contributed by atoms with E-state index >= 15 is 0 Å². The Morgan fingerprint density at radius 2 is 1.78 bits per heavy atom. The normalized spacial score (nSPS) is 10.7. The quantitative estimate of drug-likeness (QED) is 0.712. The molecule has 23 heavy (non-hydrogen) atoms. The van der Waals surface area contributed by atoms with E-state index < -0.39 is 0 Å². The van der Waals surface area contributed by atoms with E-state index in [1.165, 1.54) is 16.0 Å². The number of hydrogen-bond donors (Lipinski definition) is 2. The summed E-state index contributed by atoms with van der Waals surface area (Å²) in [4.78, 5) is 5.73. The number of anilines is 1. The summed E-state index contributed by atoms with van der Waals surface area (Å²) in [7, 11) is 0. The first-order valence-electron chi connectivity index (χ1n) is 7.70. The van der Waals surface area contributed by atoms with E-state index in [-0.39, 0.29) is 6.61 Å². The van der Waals surface area contributed by atoms with Crippen molar-refractivity contribution in [3.05, 3.63) is 70.7 Å². The standard InChI is InChI=1S/C19H20N2OS/c1-14-2-6-16(7-3-14)19-21-13-18(23-19)12-20-17-8-4-15(5-9-17)10-11-22/h2-9,13,20,22H,10-12H2,1H3. The van der Waals surface area contributed by atoms with Gasteiger partial charge in [-0.05, 0) is 31.0 Å². The second-order valence-electron chi connectivity index (χ2n) is 5.52. The molecule has 0 aliphatic heterocycles. The fraction of sp³-hybridized carbons (Fsp3) is 0.211. The third-order valence-electron chi connectivity index (χ3n) is 3.67. The Morgan fingerprint density at radius 3 is 2.48 bits per heavy atom. The summed E-state index contributed by atoms with van der Waals surface area (Å²) < 4.78 is 0. The minimum Gasteiger partial charge on any atom is -0.396 e. The first kappa shape index (κ1) is 15.7. The van der Waals surface area contributed by atoms with Crippen LogP contribution in [-0.4, -0.2) is 16.7 Å². The highest BCUT2D eigenvalue weighted by Crippen LogP contribution is 2.26. The molecule has 0 fully saturated rings. The smallest absolute Gasteiger partial charge is 0.123 e. The largest absolute Gasteiger partial charge is 0.396 e. The number of nitrogens with one attached hydrogen (secondary N) is 1. The molecule has 2 N–H and O–H groups in total. The first-order valence-corrected chi connectivity index (χ1v) is 8.51. The molecular formula is C19H20N2OS. The van der Waals surface area contributed by atoms with Gasteiger partial charge in [0, 0.05) is 28.9 Å². The number of hydrogen-bond acceptors (Lipinski definition) is 4. The third-order valence-corrected chi connectivity index (χ3v) is 4.72. The van der Waals surface area contributed by atoms with Crippen molar-refractivity contribution in [1.29, 1.82) is 0 Å². The molecule has 1 heterocycles. The van der Waals surface area contributed by atoms with Crippen LogP contribution in [0.5, 0.6) is 0 Å². The van der Waals surface area contributed by atoms with Crippen molar-refractivity contribution in [3.8, 4) is 10.6 Å². The van der Waals surface area contributed by atoms with Crippen LogP contribution < -0.4 is 5.32 Å². The van der Waals surface area contributed by atoms with Gasteiger partial charge in [-0.15, -0.1) is 11.3 Å². The van der Waals surface area contributed by atoms with E-state index in [0.29, 0.717) is 6.42 Å². The lowest BCUT2D eigenvalue weighted by Gasteiger charge is -2.05. The van der Waals surface area contributed by atoms with Crippen LogP contribution in [-0.2, 0) is 13.0 Å². The molecule has 0 spiro atoms. The molecule has 0 unspecified atom stereocenters. The molecule has 0 saturated heterocycles. The molecule has 4 heteroatoms. The van der Waals surface area contributed by atoms with Gasteiger partial charge in [0.05, 0.1) is 6.54 Å². The summed E-state index contributed by atoms with van der Waals surface area (Å²) in [6, 6.07) is 16.6. The van der Waals surface area contributed by atoms with Gasteiger partial charge >= 0.3 is 0 Å². The van der Waals surface area contributed by atoms with Gasteiger partial charge in [-0.25, -0.2) is 4.98 Å². The van der Waals surface area contributed by atoms with Crippen molar-refractivity contribution in [2.24, 2.45) is 0 Å². The van der Waals surface area contributed by atoms with Crippen LogP contribution in [0.1, 0.15) is 16.0 Å². The van der Waals surface area contributed by atoms with E-state index in [0.717, 1.165) is 22.8 Å². The van der Waals surface area contributed by atoms with Crippen molar-refractivity contribution < 1.29 is 5.11 Å². The summed E-state index contributed by atoms with van der Waals surface area (Å²) in [5.41, 5.74) is 4.66. The van der Waals surface area contributed by atoms with Crippen molar-refractivity contribution >= 4 is 17.0 Å². The van der Waals surface area contributed by atoms with Gasteiger partial charge in [0.15, 0.2) is 0 Å². The van der Waals surface area contributed by atoms with Gasteiger partial charge in [-0.1, -0.05) is 42.0 Å². The zero-order chi connectivity index (χ0) is 16.1. The van der Waals surface area contributed by atoms with Crippen molar-refractivity contribution in [1.82, 2.24) is 4.98 Å². The molecule has 118 valence electrons. The van der Waals surface area contributed by atoms with E-state index in [9.17, 15) is 0 Å². The first-order chi connectivity index (χ1) is 11.2. The summed E-state index contributed by atoms with van der Waals surface area (Å²) in [6.45, 7) is 3.05. The van der Waals surface area contributed by atoms with Crippen LogP contribution in [0.15, 0.2) is 54.7 Å². The average Bonchev–Trinajstić information content (AvgIpc) is 3.04. The Labute approximate surface area is 140 Å². The monoisotopic (exact) mass is 324 g/mol. The van der Waals surface area contributed by atoms with Crippen LogP contribution in [0.3, 0.4) is 0 Å². The molecular weight excluding hydrogens is 304 g/mol. The maximum atomic E-state index is 8.93.